The average molecular weight is 295 g/mol. The summed E-state index contributed by atoms with van der Waals surface area (Å²) in [5.41, 5.74) is 0. The van der Waals surface area contributed by atoms with Crippen molar-refractivity contribution >= 4 is 11.8 Å². The largest absolute Gasteiger partial charge is 0.313 e. The molecule has 0 bridgehead atoms. The molecule has 1 nitrogen and oxygen atoms in total. The fourth-order valence-corrected chi connectivity index (χ4v) is 4.46. The van der Waals surface area contributed by atoms with E-state index in [1.54, 1.807) is 12.1 Å². The van der Waals surface area contributed by atoms with Crippen LogP contribution in [0.25, 0.3) is 0 Å². The van der Waals surface area contributed by atoms with E-state index in [0.29, 0.717) is 11.3 Å². The molecule has 0 radical (unpaired) electrons. The lowest BCUT2D eigenvalue weighted by Gasteiger charge is -2.38. The first-order valence-electron chi connectivity index (χ1n) is 7.75. The van der Waals surface area contributed by atoms with Gasteiger partial charge in [0.2, 0.25) is 0 Å². The fraction of sp³-hybridized carbons (Fsp3) is 0.647. The molecule has 1 aromatic carbocycles. The van der Waals surface area contributed by atoms with Gasteiger partial charge in [0, 0.05) is 16.2 Å². The first-order chi connectivity index (χ1) is 9.60. The summed E-state index contributed by atoms with van der Waals surface area (Å²) in [6.07, 6.45) is 3.85. The summed E-state index contributed by atoms with van der Waals surface area (Å²) in [5.74, 6) is 1.43. The Hall–Kier alpha value is -0.540. The van der Waals surface area contributed by atoms with E-state index in [-0.39, 0.29) is 5.82 Å². The first kappa shape index (κ1) is 15.8. The van der Waals surface area contributed by atoms with Crippen LogP contribution in [0.4, 0.5) is 4.39 Å². The summed E-state index contributed by atoms with van der Waals surface area (Å²) in [5, 5.41) is 4.23. The number of hydrogen-bond donors (Lipinski definition) is 1. The van der Waals surface area contributed by atoms with Gasteiger partial charge in [-0.3, -0.25) is 0 Å². The van der Waals surface area contributed by atoms with Crippen LogP contribution < -0.4 is 5.32 Å². The standard InChI is InChI=1S/C17H26FNS/c1-4-19-16-10-5-13(12(2)3)11-17(16)20-15-8-6-14(18)7-9-15/h6-9,12-13,16-17,19H,4-5,10-11H2,1-3H3. The molecule has 1 N–H and O–H groups in total. The monoisotopic (exact) mass is 295 g/mol. The normalized spacial score (nSPS) is 26.9. The number of benzene rings is 1. The van der Waals surface area contributed by atoms with Crippen LogP contribution in [-0.2, 0) is 0 Å². The quantitative estimate of drug-likeness (QED) is 0.843. The summed E-state index contributed by atoms with van der Waals surface area (Å²) in [7, 11) is 0. The van der Waals surface area contributed by atoms with Crippen LogP contribution in [0.1, 0.15) is 40.0 Å². The molecule has 1 fully saturated rings. The van der Waals surface area contributed by atoms with E-state index in [0.717, 1.165) is 18.4 Å². The van der Waals surface area contributed by atoms with Crippen molar-refractivity contribution in [2.75, 3.05) is 6.54 Å². The highest BCUT2D eigenvalue weighted by molar-refractivity contribution is 8.00. The Balaban J connectivity index is 2.04. The molecule has 3 atom stereocenters. The fourth-order valence-electron chi connectivity index (χ4n) is 3.08. The van der Waals surface area contributed by atoms with E-state index in [2.05, 4.69) is 26.1 Å². The summed E-state index contributed by atoms with van der Waals surface area (Å²) >= 11 is 1.91. The van der Waals surface area contributed by atoms with Gasteiger partial charge in [-0.15, -0.1) is 11.8 Å². The third-order valence-corrected chi connectivity index (χ3v) is 5.71. The van der Waals surface area contributed by atoms with E-state index in [9.17, 15) is 4.39 Å². The highest BCUT2D eigenvalue weighted by Crippen LogP contribution is 2.39. The van der Waals surface area contributed by atoms with Crippen LogP contribution >= 0.6 is 11.8 Å². The molecule has 112 valence electrons. The molecule has 0 heterocycles. The van der Waals surface area contributed by atoms with E-state index in [4.69, 9.17) is 0 Å². The Morgan fingerprint density at radius 1 is 1.25 bits per heavy atom. The summed E-state index contributed by atoms with van der Waals surface area (Å²) in [4.78, 5) is 1.18. The molecule has 1 aliphatic rings. The number of thioether (sulfide) groups is 1. The number of halogens is 1. The molecule has 1 aliphatic carbocycles. The molecule has 2 rings (SSSR count). The van der Waals surface area contributed by atoms with Gasteiger partial charge in [0.15, 0.2) is 0 Å². The van der Waals surface area contributed by atoms with Crippen molar-refractivity contribution in [2.24, 2.45) is 11.8 Å². The van der Waals surface area contributed by atoms with Gasteiger partial charge in [-0.1, -0.05) is 20.8 Å². The Morgan fingerprint density at radius 2 is 1.95 bits per heavy atom. The molecule has 0 aliphatic heterocycles. The van der Waals surface area contributed by atoms with Crippen LogP contribution in [0.5, 0.6) is 0 Å². The van der Waals surface area contributed by atoms with Gasteiger partial charge in [0.25, 0.3) is 0 Å². The molecule has 1 aromatic rings. The molecule has 3 unspecified atom stereocenters. The zero-order valence-corrected chi connectivity index (χ0v) is 13.5. The molecule has 0 saturated heterocycles. The van der Waals surface area contributed by atoms with Crippen LogP contribution in [0.2, 0.25) is 0 Å². The molecule has 0 spiro atoms. The molecular formula is C17H26FNS. The average Bonchev–Trinajstić information content (AvgIpc) is 2.43. The number of nitrogens with one attached hydrogen (secondary N) is 1. The predicted octanol–water partition coefficient (Wildman–Crippen LogP) is 4.72. The summed E-state index contributed by atoms with van der Waals surface area (Å²) in [6, 6.07) is 7.52. The number of rotatable bonds is 5. The van der Waals surface area contributed by atoms with Crippen molar-refractivity contribution in [1.29, 1.82) is 0 Å². The second-order valence-electron chi connectivity index (χ2n) is 6.09. The van der Waals surface area contributed by atoms with Crippen LogP contribution in [-0.4, -0.2) is 17.8 Å². The minimum absolute atomic E-state index is 0.152. The van der Waals surface area contributed by atoms with Gasteiger partial charge in [-0.25, -0.2) is 4.39 Å². The van der Waals surface area contributed by atoms with Crippen molar-refractivity contribution in [2.45, 2.75) is 56.2 Å². The smallest absolute Gasteiger partial charge is 0.123 e. The molecule has 3 heteroatoms. The second kappa shape index (κ2) is 7.46. The summed E-state index contributed by atoms with van der Waals surface area (Å²) in [6.45, 7) is 7.86. The van der Waals surface area contributed by atoms with Crippen molar-refractivity contribution in [3.05, 3.63) is 30.1 Å². The molecule has 0 aromatic heterocycles. The topological polar surface area (TPSA) is 12.0 Å². The number of hydrogen-bond acceptors (Lipinski definition) is 2. The van der Waals surface area contributed by atoms with Crippen LogP contribution in [0.15, 0.2) is 29.2 Å². The Bertz CT molecular complexity index is 404. The Kier molecular flexibility index (Phi) is 5.91. The Morgan fingerprint density at radius 3 is 2.55 bits per heavy atom. The van der Waals surface area contributed by atoms with Gasteiger partial charge in [0.05, 0.1) is 0 Å². The maximum absolute atomic E-state index is 13.0. The predicted molar refractivity (Wildman–Crippen MR) is 85.7 cm³/mol. The molecular weight excluding hydrogens is 269 g/mol. The summed E-state index contributed by atoms with van der Waals surface area (Å²) < 4.78 is 13.0. The van der Waals surface area contributed by atoms with Crippen molar-refractivity contribution in [1.82, 2.24) is 5.32 Å². The van der Waals surface area contributed by atoms with Gasteiger partial charge in [0.1, 0.15) is 5.82 Å². The van der Waals surface area contributed by atoms with Crippen LogP contribution in [0, 0.1) is 17.7 Å². The molecule has 1 saturated carbocycles. The lowest BCUT2D eigenvalue weighted by molar-refractivity contribution is 0.247. The van der Waals surface area contributed by atoms with Gasteiger partial charge in [-0.05, 0) is 61.9 Å². The van der Waals surface area contributed by atoms with Crippen molar-refractivity contribution in [3.63, 3.8) is 0 Å². The highest BCUT2D eigenvalue weighted by atomic mass is 32.2. The van der Waals surface area contributed by atoms with Crippen LogP contribution in [0.3, 0.4) is 0 Å². The molecule has 0 amide bonds. The third kappa shape index (κ3) is 4.23. The zero-order valence-electron chi connectivity index (χ0n) is 12.7. The molecule has 20 heavy (non-hydrogen) atoms. The highest BCUT2D eigenvalue weighted by Gasteiger charge is 2.31. The Labute approximate surface area is 126 Å². The minimum Gasteiger partial charge on any atom is -0.313 e. The van der Waals surface area contributed by atoms with Gasteiger partial charge in [-0.2, -0.15) is 0 Å². The first-order valence-corrected chi connectivity index (χ1v) is 8.63. The lowest BCUT2D eigenvalue weighted by Crippen LogP contribution is -2.43. The SMILES string of the molecule is CCNC1CCC(C(C)C)CC1Sc1ccc(F)cc1. The maximum atomic E-state index is 13.0. The lowest BCUT2D eigenvalue weighted by atomic mass is 9.79. The van der Waals surface area contributed by atoms with E-state index >= 15 is 0 Å². The van der Waals surface area contributed by atoms with E-state index < -0.39 is 0 Å². The van der Waals surface area contributed by atoms with E-state index in [1.807, 2.05) is 23.9 Å². The van der Waals surface area contributed by atoms with Crippen molar-refractivity contribution in [3.8, 4) is 0 Å². The van der Waals surface area contributed by atoms with E-state index in [1.165, 1.54) is 24.2 Å². The third-order valence-electron chi connectivity index (χ3n) is 4.34. The second-order valence-corrected chi connectivity index (χ2v) is 7.40. The van der Waals surface area contributed by atoms with Gasteiger partial charge >= 0.3 is 0 Å². The maximum Gasteiger partial charge on any atom is 0.123 e. The zero-order chi connectivity index (χ0) is 14.5. The van der Waals surface area contributed by atoms with Crippen molar-refractivity contribution < 1.29 is 4.39 Å². The minimum atomic E-state index is -0.152. The van der Waals surface area contributed by atoms with Gasteiger partial charge < -0.3 is 5.32 Å².